The summed E-state index contributed by atoms with van der Waals surface area (Å²) in [6.07, 6.45) is 7.88. The minimum Gasteiger partial charge on any atom is -0.342 e. The van der Waals surface area contributed by atoms with Crippen molar-refractivity contribution in [3.05, 3.63) is 23.5 Å². The van der Waals surface area contributed by atoms with Gasteiger partial charge in [0.05, 0.1) is 0 Å². The van der Waals surface area contributed by atoms with Crippen LogP contribution in [0.2, 0.25) is 0 Å². The number of aromatic nitrogens is 1. The highest BCUT2D eigenvalue weighted by molar-refractivity contribution is 5.28. The zero-order valence-electron chi connectivity index (χ0n) is 11.9. The van der Waals surface area contributed by atoms with Crippen molar-refractivity contribution in [1.29, 1.82) is 5.26 Å². The Kier molecular flexibility index (Phi) is 3.36. The number of hydrogen-bond donors (Lipinski definition) is 1. The highest BCUT2D eigenvalue weighted by Crippen LogP contribution is 2.49. The Morgan fingerprint density at radius 2 is 2.32 bits per heavy atom. The maximum absolute atomic E-state index is 8.96. The van der Waals surface area contributed by atoms with E-state index in [-0.39, 0.29) is 0 Å². The van der Waals surface area contributed by atoms with Crippen LogP contribution in [-0.4, -0.2) is 10.6 Å². The predicted molar refractivity (Wildman–Crippen MR) is 75.4 cm³/mol. The van der Waals surface area contributed by atoms with Crippen molar-refractivity contribution < 1.29 is 0 Å². The molecule has 19 heavy (non-hydrogen) atoms. The Bertz CT molecular complexity index is 497. The highest BCUT2D eigenvalue weighted by atomic mass is 15.0. The predicted octanol–water partition coefficient (Wildman–Crippen LogP) is 2.81. The lowest BCUT2D eigenvalue weighted by molar-refractivity contribution is 0.259. The number of nitrogens with zero attached hydrogens (tertiary/aromatic N) is 2. The standard InChI is InChI=1S/C16H23N3/c1-11(16-7-12-3-4-14(16)5-12)18-9-13-6-15(8-17)19(2)10-13/h6,10-12,14,16,18H,3-5,7,9H2,1-2H3. The lowest BCUT2D eigenvalue weighted by Gasteiger charge is -2.28. The summed E-state index contributed by atoms with van der Waals surface area (Å²) in [4.78, 5) is 0. The van der Waals surface area contributed by atoms with Crippen LogP contribution < -0.4 is 5.32 Å². The first-order valence-corrected chi connectivity index (χ1v) is 7.46. The van der Waals surface area contributed by atoms with E-state index in [1.165, 1.54) is 31.2 Å². The Balaban J connectivity index is 1.55. The van der Waals surface area contributed by atoms with E-state index in [4.69, 9.17) is 5.26 Å². The molecular formula is C16H23N3. The summed E-state index contributed by atoms with van der Waals surface area (Å²) in [6, 6.07) is 4.80. The first-order chi connectivity index (χ1) is 9.17. The van der Waals surface area contributed by atoms with Crippen LogP contribution in [0.1, 0.15) is 43.9 Å². The van der Waals surface area contributed by atoms with Gasteiger partial charge in [0.1, 0.15) is 11.8 Å². The Labute approximate surface area is 115 Å². The molecule has 4 unspecified atom stereocenters. The van der Waals surface area contributed by atoms with Crippen molar-refractivity contribution in [3.8, 4) is 6.07 Å². The largest absolute Gasteiger partial charge is 0.342 e. The van der Waals surface area contributed by atoms with Crippen LogP contribution in [0.15, 0.2) is 12.3 Å². The van der Waals surface area contributed by atoms with Crippen LogP contribution in [0, 0.1) is 29.1 Å². The Morgan fingerprint density at radius 1 is 1.47 bits per heavy atom. The molecule has 1 aromatic rings. The molecule has 1 N–H and O–H groups in total. The van der Waals surface area contributed by atoms with Gasteiger partial charge in [-0.25, -0.2) is 0 Å². The first-order valence-electron chi connectivity index (χ1n) is 7.46. The fraction of sp³-hybridized carbons (Fsp3) is 0.688. The molecule has 3 rings (SSSR count). The summed E-state index contributed by atoms with van der Waals surface area (Å²) < 4.78 is 1.90. The minimum absolute atomic E-state index is 0.598. The van der Waals surface area contributed by atoms with Gasteiger partial charge in [-0.15, -0.1) is 0 Å². The summed E-state index contributed by atoms with van der Waals surface area (Å²) in [5.74, 6) is 2.86. The average molecular weight is 257 g/mol. The summed E-state index contributed by atoms with van der Waals surface area (Å²) in [5.41, 5.74) is 1.96. The quantitative estimate of drug-likeness (QED) is 0.901. The smallest absolute Gasteiger partial charge is 0.120 e. The zero-order chi connectivity index (χ0) is 13.4. The monoisotopic (exact) mass is 257 g/mol. The highest BCUT2D eigenvalue weighted by Gasteiger charge is 2.41. The van der Waals surface area contributed by atoms with Crippen LogP contribution in [0.3, 0.4) is 0 Å². The number of fused-ring (bicyclic) bond motifs is 2. The van der Waals surface area contributed by atoms with E-state index in [2.05, 4.69) is 24.5 Å². The third-order valence-corrected chi connectivity index (χ3v) is 5.24. The summed E-state index contributed by atoms with van der Waals surface area (Å²) in [6.45, 7) is 3.21. The van der Waals surface area contributed by atoms with Gasteiger partial charge in [-0.2, -0.15) is 5.26 Å². The van der Waals surface area contributed by atoms with E-state index in [0.29, 0.717) is 6.04 Å². The number of nitrogens with one attached hydrogen (secondary N) is 1. The van der Waals surface area contributed by atoms with Crippen molar-refractivity contribution in [1.82, 2.24) is 9.88 Å². The molecule has 2 fully saturated rings. The van der Waals surface area contributed by atoms with E-state index in [9.17, 15) is 0 Å². The third-order valence-electron chi connectivity index (χ3n) is 5.24. The maximum atomic E-state index is 8.96. The zero-order valence-corrected chi connectivity index (χ0v) is 11.9. The van der Waals surface area contributed by atoms with Gasteiger partial charge in [-0.3, -0.25) is 0 Å². The van der Waals surface area contributed by atoms with Gasteiger partial charge < -0.3 is 9.88 Å². The van der Waals surface area contributed by atoms with Gasteiger partial charge in [0.2, 0.25) is 0 Å². The first kappa shape index (κ1) is 12.7. The van der Waals surface area contributed by atoms with Gasteiger partial charge in [0, 0.05) is 25.8 Å². The van der Waals surface area contributed by atoms with E-state index in [1.54, 1.807) is 0 Å². The summed E-state index contributed by atoms with van der Waals surface area (Å²) in [7, 11) is 1.93. The van der Waals surface area contributed by atoms with Crippen molar-refractivity contribution in [3.63, 3.8) is 0 Å². The molecular weight excluding hydrogens is 234 g/mol. The SMILES string of the molecule is CC(NCc1cc(C#N)n(C)c1)C1CC2CCC1C2. The molecule has 2 saturated carbocycles. The van der Waals surface area contributed by atoms with Crippen molar-refractivity contribution in [2.45, 2.75) is 45.2 Å². The van der Waals surface area contributed by atoms with Crippen LogP contribution in [0.25, 0.3) is 0 Å². The molecule has 0 aliphatic heterocycles. The second-order valence-corrected chi connectivity index (χ2v) is 6.46. The molecule has 4 atom stereocenters. The summed E-state index contributed by atoms with van der Waals surface area (Å²) in [5, 5.41) is 12.6. The van der Waals surface area contributed by atoms with Crippen molar-refractivity contribution >= 4 is 0 Å². The van der Waals surface area contributed by atoms with E-state index >= 15 is 0 Å². The molecule has 0 spiro atoms. The number of aryl methyl sites for hydroxylation is 1. The van der Waals surface area contributed by atoms with Crippen molar-refractivity contribution in [2.75, 3.05) is 0 Å². The van der Waals surface area contributed by atoms with Crippen molar-refractivity contribution in [2.24, 2.45) is 24.8 Å². The molecule has 2 aliphatic carbocycles. The van der Waals surface area contributed by atoms with Crippen LogP contribution in [-0.2, 0) is 13.6 Å². The van der Waals surface area contributed by atoms with E-state index in [0.717, 1.165) is 30.0 Å². The second-order valence-electron chi connectivity index (χ2n) is 6.46. The van der Waals surface area contributed by atoms with Gasteiger partial charge in [0.25, 0.3) is 0 Å². The molecule has 0 saturated heterocycles. The maximum Gasteiger partial charge on any atom is 0.120 e. The Morgan fingerprint density at radius 3 is 2.89 bits per heavy atom. The van der Waals surface area contributed by atoms with Crippen LogP contribution >= 0.6 is 0 Å². The number of nitriles is 1. The lowest BCUT2D eigenvalue weighted by atomic mass is 9.84. The Hall–Kier alpha value is -1.27. The van der Waals surface area contributed by atoms with Gasteiger partial charge in [0.15, 0.2) is 0 Å². The van der Waals surface area contributed by atoms with Crippen LogP contribution in [0.5, 0.6) is 0 Å². The molecule has 102 valence electrons. The minimum atomic E-state index is 0.598. The van der Waals surface area contributed by atoms with Crippen LogP contribution in [0.4, 0.5) is 0 Å². The molecule has 2 aliphatic rings. The van der Waals surface area contributed by atoms with Gasteiger partial charge in [-0.05, 0) is 55.6 Å². The molecule has 0 radical (unpaired) electrons. The fourth-order valence-corrected chi connectivity index (χ4v) is 4.18. The average Bonchev–Trinajstić information content (AvgIpc) is 3.10. The van der Waals surface area contributed by atoms with Gasteiger partial charge in [-0.1, -0.05) is 6.42 Å². The third kappa shape index (κ3) is 2.42. The molecule has 1 heterocycles. The molecule has 3 heteroatoms. The number of rotatable bonds is 4. The number of hydrogen-bond acceptors (Lipinski definition) is 2. The topological polar surface area (TPSA) is 40.8 Å². The van der Waals surface area contributed by atoms with E-state index < -0.39 is 0 Å². The summed E-state index contributed by atoms with van der Waals surface area (Å²) >= 11 is 0. The molecule has 3 nitrogen and oxygen atoms in total. The van der Waals surface area contributed by atoms with E-state index in [1.807, 2.05) is 17.7 Å². The fourth-order valence-electron chi connectivity index (χ4n) is 4.18. The molecule has 0 aromatic carbocycles. The molecule has 1 aromatic heterocycles. The van der Waals surface area contributed by atoms with Gasteiger partial charge >= 0.3 is 0 Å². The lowest BCUT2D eigenvalue weighted by Crippen LogP contribution is -2.35. The second kappa shape index (κ2) is 5.02. The molecule has 2 bridgehead atoms. The normalized spacial score (nSPS) is 30.5. The molecule has 0 amide bonds.